The molecule has 23 heavy (non-hydrogen) atoms. The van der Waals surface area contributed by atoms with E-state index in [4.69, 9.17) is 10.5 Å². The van der Waals surface area contributed by atoms with Crippen molar-refractivity contribution in [3.05, 3.63) is 23.8 Å². The Balaban J connectivity index is 2.27. The van der Waals surface area contributed by atoms with Gasteiger partial charge in [0, 0.05) is 23.9 Å². The van der Waals surface area contributed by atoms with Crippen LogP contribution < -0.4 is 15.2 Å². The van der Waals surface area contributed by atoms with Crippen LogP contribution in [-0.2, 0) is 19.9 Å². The summed E-state index contributed by atoms with van der Waals surface area (Å²) >= 11 is 0. The van der Waals surface area contributed by atoms with Crippen molar-refractivity contribution < 1.29 is 21.6 Å². The van der Waals surface area contributed by atoms with Crippen LogP contribution in [0.2, 0.25) is 0 Å². The summed E-state index contributed by atoms with van der Waals surface area (Å²) in [6, 6.07) is 4.56. The second-order valence-corrected chi connectivity index (χ2v) is 10.6. The van der Waals surface area contributed by atoms with Crippen molar-refractivity contribution in [3.8, 4) is 5.75 Å². The Labute approximate surface area is 137 Å². The zero-order valence-corrected chi connectivity index (χ0v) is 15.0. The van der Waals surface area contributed by atoms with Crippen molar-refractivity contribution >= 4 is 25.5 Å². The van der Waals surface area contributed by atoms with Gasteiger partial charge in [-0.25, -0.2) is 21.6 Å². The molecule has 0 aromatic heterocycles. The number of fused-ring (bicyclic) bond motifs is 1. The Hall–Kier alpha value is -1.32. The van der Waals surface area contributed by atoms with Crippen LogP contribution in [0.3, 0.4) is 0 Å². The number of benzene rings is 1. The van der Waals surface area contributed by atoms with E-state index in [0.29, 0.717) is 23.4 Å². The highest BCUT2D eigenvalue weighted by Gasteiger charge is 2.35. The van der Waals surface area contributed by atoms with Crippen molar-refractivity contribution in [2.45, 2.75) is 31.9 Å². The first kappa shape index (κ1) is 18.0. The molecule has 1 atom stereocenters. The number of sulfonamides is 1. The molecule has 0 saturated carbocycles. The number of nitrogen functional groups attached to an aromatic ring is 1. The first-order chi connectivity index (χ1) is 10.4. The summed E-state index contributed by atoms with van der Waals surface area (Å²) in [4.78, 5) is 0. The highest BCUT2D eigenvalue weighted by Crippen LogP contribution is 2.40. The summed E-state index contributed by atoms with van der Waals surface area (Å²) in [5, 5.41) is 0. The minimum absolute atomic E-state index is 0.418. The summed E-state index contributed by atoms with van der Waals surface area (Å²) in [7, 11) is -7.10. The molecule has 130 valence electrons. The van der Waals surface area contributed by atoms with Crippen LogP contribution in [-0.4, -0.2) is 40.2 Å². The molecule has 7 nitrogen and oxygen atoms in total. The van der Waals surface area contributed by atoms with Gasteiger partial charge in [-0.05, 0) is 32.0 Å². The number of ether oxygens (including phenoxy) is 1. The highest BCUT2D eigenvalue weighted by molar-refractivity contribution is 7.93. The molecule has 1 aliphatic heterocycles. The van der Waals surface area contributed by atoms with Gasteiger partial charge in [-0.15, -0.1) is 0 Å². The molecule has 1 aromatic rings. The topological polar surface area (TPSA) is 116 Å². The lowest BCUT2D eigenvalue weighted by Crippen LogP contribution is -2.42. The molecule has 0 bridgehead atoms. The minimum atomic E-state index is -3.75. The van der Waals surface area contributed by atoms with Gasteiger partial charge in [-0.2, -0.15) is 0 Å². The molecule has 1 aliphatic rings. The Morgan fingerprint density at radius 3 is 2.52 bits per heavy atom. The minimum Gasteiger partial charge on any atom is -0.487 e. The maximum atomic E-state index is 12.2. The molecule has 0 radical (unpaired) electrons. The molecule has 1 heterocycles. The van der Waals surface area contributed by atoms with E-state index in [1.807, 2.05) is 13.8 Å². The van der Waals surface area contributed by atoms with E-state index in [1.165, 1.54) is 0 Å². The maximum absolute atomic E-state index is 12.2. The quantitative estimate of drug-likeness (QED) is 0.750. The fourth-order valence-electron chi connectivity index (χ4n) is 2.51. The van der Waals surface area contributed by atoms with Gasteiger partial charge >= 0.3 is 0 Å². The van der Waals surface area contributed by atoms with Gasteiger partial charge in [0.05, 0.1) is 17.5 Å². The molecule has 0 spiro atoms. The van der Waals surface area contributed by atoms with E-state index in [2.05, 4.69) is 4.72 Å². The number of hydrogen-bond donors (Lipinski definition) is 2. The number of nitrogens with one attached hydrogen (secondary N) is 1. The third-order valence-electron chi connectivity index (χ3n) is 3.54. The summed E-state index contributed by atoms with van der Waals surface area (Å²) in [6.07, 6.45) is 1.43. The molecule has 0 saturated heterocycles. The lowest BCUT2D eigenvalue weighted by molar-refractivity contribution is 0.0702. The van der Waals surface area contributed by atoms with E-state index in [-0.39, 0.29) is 0 Å². The third kappa shape index (κ3) is 5.08. The average Bonchev–Trinajstić information content (AvgIpc) is 2.35. The molecule has 2 rings (SSSR count). The van der Waals surface area contributed by atoms with Crippen LogP contribution in [0, 0.1) is 0 Å². The maximum Gasteiger partial charge on any atom is 0.213 e. The predicted molar refractivity (Wildman–Crippen MR) is 89.6 cm³/mol. The molecule has 0 fully saturated rings. The first-order valence-corrected chi connectivity index (χ1v) is 10.8. The van der Waals surface area contributed by atoms with Gasteiger partial charge < -0.3 is 10.5 Å². The average molecular weight is 362 g/mol. The van der Waals surface area contributed by atoms with Crippen molar-refractivity contribution in [2.24, 2.45) is 0 Å². The van der Waals surface area contributed by atoms with E-state index in [1.54, 1.807) is 18.2 Å². The van der Waals surface area contributed by atoms with Crippen LogP contribution in [0.1, 0.15) is 31.9 Å². The van der Waals surface area contributed by atoms with Crippen LogP contribution in [0.25, 0.3) is 0 Å². The van der Waals surface area contributed by atoms with Crippen molar-refractivity contribution in [2.75, 3.05) is 23.5 Å². The van der Waals surface area contributed by atoms with Gasteiger partial charge in [-0.1, -0.05) is 0 Å². The van der Waals surface area contributed by atoms with Crippen molar-refractivity contribution in [3.63, 3.8) is 0 Å². The molecule has 1 aromatic carbocycles. The predicted octanol–water partition coefficient (Wildman–Crippen LogP) is 0.835. The van der Waals surface area contributed by atoms with Crippen LogP contribution in [0.15, 0.2) is 18.2 Å². The SMILES string of the molecule is CC1(C)CC(NS(=O)(=O)CCS(C)(=O)=O)c2cc(N)ccc2O1. The molecule has 1 unspecified atom stereocenters. The van der Waals surface area contributed by atoms with Crippen LogP contribution in [0.4, 0.5) is 5.69 Å². The van der Waals surface area contributed by atoms with E-state index in [9.17, 15) is 16.8 Å². The largest absolute Gasteiger partial charge is 0.487 e. The standard InChI is InChI=1S/C14H22N2O5S2/c1-14(2)9-12(11-8-10(15)4-5-13(11)21-14)16-23(19,20)7-6-22(3,17)18/h4-5,8,12,16H,6-7,9,15H2,1-3H3. The zero-order valence-electron chi connectivity index (χ0n) is 13.4. The summed E-state index contributed by atoms with van der Waals surface area (Å²) < 4.78 is 55.2. The summed E-state index contributed by atoms with van der Waals surface area (Å²) in [6.45, 7) is 3.73. The molecular formula is C14H22N2O5S2. The number of rotatable bonds is 5. The van der Waals surface area contributed by atoms with Gasteiger partial charge in [0.2, 0.25) is 10.0 Å². The van der Waals surface area contributed by atoms with E-state index < -0.39 is 43.0 Å². The summed E-state index contributed by atoms with van der Waals surface area (Å²) in [5.41, 5.74) is 6.40. The second-order valence-electron chi connectivity index (χ2n) is 6.48. The van der Waals surface area contributed by atoms with E-state index >= 15 is 0 Å². The molecule has 9 heteroatoms. The van der Waals surface area contributed by atoms with Crippen molar-refractivity contribution in [1.82, 2.24) is 4.72 Å². The van der Waals surface area contributed by atoms with Crippen molar-refractivity contribution in [1.29, 1.82) is 0 Å². The number of sulfone groups is 1. The Morgan fingerprint density at radius 2 is 1.91 bits per heavy atom. The summed E-state index contributed by atoms with van der Waals surface area (Å²) in [5.74, 6) is -0.314. The third-order valence-corrected chi connectivity index (χ3v) is 6.13. The second kappa shape index (κ2) is 5.95. The molecular weight excluding hydrogens is 340 g/mol. The Bertz CT molecular complexity index is 800. The highest BCUT2D eigenvalue weighted by atomic mass is 32.2. The van der Waals surface area contributed by atoms with Gasteiger partial charge in [-0.3, -0.25) is 0 Å². The number of anilines is 1. The zero-order chi connectivity index (χ0) is 17.5. The van der Waals surface area contributed by atoms with E-state index in [0.717, 1.165) is 6.26 Å². The molecule has 3 N–H and O–H groups in total. The fourth-order valence-corrected chi connectivity index (χ4v) is 5.37. The lowest BCUT2D eigenvalue weighted by atomic mass is 9.90. The Kier molecular flexibility index (Phi) is 4.67. The van der Waals surface area contributed by atoms with Crippen LogP contribution >= 0.6 is 0 Å². The number of hydrogen-bond acceptors (Lipinski definition) is 6. The fraction of sp³-hybridized carbons (Fsp3) is 0.571. The first-order valence-electron chi connectivity index (χ1n) is 7.13. The molecule has 0 aliphatic carbocycles. The van der Waals surface area contributed by atoms with Gasteiger partial charge in [0.25, 0.3) is 0 Å². The van der Waals surface area contributed by atoms with Crippen LogP contribution in [0.5, 0.6) is 5.75 Å². The van der Waals surface area contributed by atoms with Gasteiger partial charge in [0.15, 0.2) is 0 Å². The molecule has 0 amide bonds. The Morgan fingerprint density at radius 1 is 1.26 bits per heavy atom. The monoisotopic (exact) mass is 362 g/mol. The smallest absolute Gasteiger partial charge is 0.213 e. The number of nitrogens with two attached hydrogens (primary N) is 1. The lowest BCUT2D eigenvalue weighted by Gasteiger charge is -2.37. The van der Waals surface area contributed by atoms with Gasteiger partial charge in [0.1, 0.15) is 21.2 Å². The normalized spacial score (nSPS) is 20.6.